The second kappa shape index (κ2) is 6.17. The van der Waals surface area contributed by atoms with Crippen LogP contribution in [0.1, 0.15) is 32.1 Å². The predicted octanol–water partition coefficient (Wildman–Crippen LogP) is 0.965. The van der Waals surface area contributed by atoms with Crippen LogP contribution in [0.25, 0.3) is 0 Å². The molecule has 0 bridgehead atoms. The number of hydrogen-bond acceptors (Lipinski definition) is 3. The summed E-state index contributed by atoms with van der Waals surface area (Å²) < 4.78 is 5.62. The van der Waals surface area contributed by atoms with Crippen LogP contribution in [0.5, 0.6) is 0 Å². The number of nitrogens with two attached hydrogens (primary N) is 1. The van der Waals surface area contributed by atoms with E-state index in [9.17, 15) is 4.79 Å². The first-order valence-corrected chi connectivity index (χ1v) is 6.59. The van der Waals surface area contributed by atoms with Crippen LogP contribution in [0.3, 0.4) is 0 Å². The van der Waals surface area contributed by atoms with E-state index < -0.39 is 0 Å². The number of hydrogen-bond donors (Lipinski definition) is 2. The topological polar surface area (TPSA) is 64.4 Å². The van der Waals surface area contributed by atoms with Gasteiger partial charge in [0.2, 0.25) is 5.91 Å². The van der Waals surface area contributed by atoms with Crippen LogP contribution < -0.4 is 11.1 Å². The Morgan fingerprint density at radius 1 is 1.41 bits per heavy atom. The van der Waals surface area contributed by atoms with Crippen LogP contribution in [0.2, 0.25) is 0 Å². The van der Waals surface area contributed by atoms with Gasteiger partial charge in [0, 0.05) is 19.2 Å². The van der Waals surface area contributed by atoms with E-state index in [-0.39, 0.29) is 17.9 Å². The maximum atomic E-state index is 11.8. The van der Waals surface area contributed by atoms with E-state index in [1.54, 1.807) is 0 Å². The highest BCUT2D eigenvalue weighted by molar-refractivity contribution is 5.81. The van der Waals surface area contributed by atoms with Crippen LogP contribution >= 0.6 is 0 Å². The third-order valence-corrected chi connectivity index (χ3v) is 3.49. The Morgan fingerprint density at radius 2 is 2.29 bits per heavy atom. The molecule has 4 nitrogen and oxygen atoms in total. The molecular formula is C13H22N2O2. The molecule has 3 unspecified atom stereocenters. The Bertz CT molecular complexity index is 285. The predicted molar refractivity (Wildman–Crippen MR) is 66.4 cm³/mol. The minimum absolute atomic E-state index is 0.0303. The van der Waals surface area contributed by atoms with Crippen molar-refractivity contribution in [2.45, 2.75) is 44.2 Å². The van der Waals surface area contributed by atoms with Crippen molar-refractivity contribution in [1.82, 2.24) is 5.32 Å². The van der Waals surface area contributed by atoms with Gasteiger partial charge in [0.15, 0.2) is 0 Å². The van der Waals surface area contributed by atoms with E-state index in [4.69, 9.17) is 10.5 Å². The highest BCUT2D eigenvalue weighted by atomic mass is 16.5. The molecule has 96 valence electrons. The van der Waals surface area contributed by atoms with Gasteiger partial charge in [-0.3, -0.25) is 4.79 Å². The SMILES string of the molecule is NC1C=CC(C(=O)NCCC2CCCCO2)C1. The Balaban J connectivity index is 1.61. The first-order chi connectivity index (χ1) is 8.25. The Morgan fingerprint density at radius 3 is 2.94 bits per heavy atom. The number of rotatable bonds is 4. The van der Waals surface area contributed by atoms with Crippen molar-refractivity contribution in [3.05, 3.63) is 12.2 Å². The number of carbonyl (C=O) groups excluding carboxylic acids is 1. The summed E-state index contributed by atoms with van der Waals surface area (Å²) in [5.41, 5.74) is 5.72. The quantitative estimate of drug-likeness (QED) is 0.717. The highest BCUT2D eigenvalue weighted by Crippen LogP contribution is 2.17. The van der Waals surface area contributed by atoms with Crippen molar-refractivity contribution in [3.8, 4) is 0 Å². The number of amides is 1. The van der Waals surface area contributed by atoms with Gasteiger partial charge in [0.1, 0.15) is 0 Å². The van der Waals surface area contributed by atoms with E-state index >= 15 is 0 Å². The van der Waals surface area contributed by atoms with Gasteiger partial charge in [-0.05, 0) is 32.1 Å². The minimum atomic E-state index is -0.0303. The van der Waals surface area contributed by atoms with E-state index in [2.05, 4.69) is 5.32 Å². The zero-order chi connectivity index (χ0) is 12.1. The molecule has 1 amide bonds. The molecule has 0 aromatic heterocycles. The minimum Gasteiger partial charge on any atom is -0.378 e. The molecule has 0 radical (unpaired) electrons. The second-order valence-electron chi connectivity index (χ2n) is 4.96. The summed E-state index contributed by atoms with van der Waals surface area (Å²) in [5.74, 6) is 0.0716. The first-order valence-electron chi connectivity index (χ1n) is 6.59. The lowest BCUT2D eigenvalue weighted by atomic mass is 10.1. The normalized spacial score (nSPS) is 32.6. The third-order valence-electron chi connectivity index (χ3n) is 3.49. The summed E-state index contributed by atoms with van der Waals surface area (Å²) in [6.45, 7) is 1.59. The standard InChI is InChI=1S/C13H22N2O2/c14-11-5-4-10(9-11)13(16)15-7-6-12-3-1-2-8-17-12/h4-5,10-12H,1-3,6-9,14H2,(H,15,16). The third kappa shape index (κ3) is 3.82. The van der Waals surface area contributed by atoms with Crippen molar-refractivity contribution in [2.24, 2.45) is 11.7 Å². The molecule has 1 fully saturated rings. The van der Waals surface area contributed by atoms with Crippen molar-refractivity contribution < 1.29 is 9.53 Å². The van der Waals surface area contributed by atoms with Crippen LogP contribution in [-0.4, -0.2) is 31.2 Å². The number of ether oxygens (including phenoxy) is 1. The first kappa shape index (κ1) is 12.6. The maximum absolute atomic E-state index is 11.8. The molecule has 17 heavy (non-hydrogen) atoms. The summed E-state index contributed by atoms with van der Waals surface area (Å²) >= 11 is 0. The summed E-state index contributed by atoms with van der Waals surface area (Å²) in [5, 5.41) is 2.97. The smallest absolute Gasteiger partial charge is 0.226 e. The van der Waals surface area contributed by atoms with Gasteiger partial charge >= 0.3 is 0 Å². The van der Waals surface area contributed by atoms with Crippen LogP contribution in [0.4, 0.5) is 0 Å². The van der Waals surface area contributed by atoms with Crippen molar-refractivity contribution in [2.75, 3.05) is 13.2 Å². The fourth-order valence-electron chi connectivity index (χ4n) is 2.44. The number of nitrogens with one attached hydrogen (secondary N) is 1. The van der Waals surface area contributed by atoms with E-state index in [1.165, 1.54) is 12.8 Å². The van der Waals surface area contributed by atoms with Crippen LogP contribution in [0.15, 0.2) is 12.2 Å². The van der Waals surface area contributed by atoms with Crippen molar-refractivity contribution in [1.29, 1.82) is 0 Å². The van der Waals surface area contributed by atoms with Crippen molar-refractivity contribution in [3.63, 3.8) is 0 Å². The molecule has 1 saturated heterocycles. The lowest BCUT2D eigenvalue weighted by Gasteiger charge is -2.22. The zero-order valence-corrected chi connectivity index (χ0v) is 10.2. The van der Waals surface area contributed by atoms with Gasteiger partial charge in [-0.2, -0.15) is 0 Å². The van der Waals surface area contributed by atoms with E-state index in [1.807, 2.05) is 12.2 Å². The Kier molecular flexibility index (Phi) is 4.57. The van der Waals surface area contributed by atoms with Gasteiger partial charge in [-0.25, -0.2) is 0 Å². The fourth-order valence-corrected chi connectivity index (χ4v) is 2.44. The average molecular weight is 238 g/mol. The Labute approximate surface area is 103 Å². The molecule has 3 N–H and O–H groups in total. The Hall–Kier alpha value is -0.870. The molecule has 3 atom stereocenters. The van der Waals surface area contributed by atoms with Gasteiger partial charge in [0.05, 0.1) is 12.0 Å². The highest BCUT2D eigenvalue weighted by Gasteiger charge is 2.22. The average Bonchev–Trinajstić information content (AvgIpc) is 2.77. The summed E-state index contributed by atoms with van der Waals surface area (Å²) in [6.07, 6.45) is 9.38. The van der Waals surface area contributed by atoms with Crippen LogP contribution in [0, 0.1) is 5.92 Å². The molecule has 1 aliphatic heterocycles. The number of carbonyl (C=O) groups is 1. The molecular weight excluding hydrogens is 216 g/mol. The molecule has 0 spiro atoms. The summed E-state index contributed by atoms with van der Waals surface area (Å²) in [6, 6.07) is 0.0485. The molecule has 0 aromatic rings. The van der Waals surface area contributed by atoms with Gasteiger partial charge in [0.25, 0.3) is 0 Å². The van der Waals surface area contributed by atoms with Gasteiger partial charge < -0.3 is 15.8 Å². The van der Waals surface area contributed by atoms with Crippen molar-refractivity contribution >= 4 is 5.91 Å². The molecule has 1 aliphatic carbocycles. The molecule has 4 heteroatoms. The molecule has 2 aliphatic rings. The molecule has 0 aromatic carbocycles. The zero-order valence-electron chi connectivity index (χ0n) is 10.2. The lowest BCUT2D eigenvalue weighted by molar-refractivity contribution is -0.123. The largest absolute Gasteiger partial charge is 0.378 e. The molecule has 1 heterocycles. The van der Waals surface area contributed by atoms with Gasteiger partial charge in [-0.1, -0.05) is 12.2 Å². The van der Waals surface area contributed by atoms with E-state index in [0.29, 0.717) is 12.6 Å². The van der Waals surface area contributed by atoms with E-state index in [0.717, 1.165) is 25.9 Å². The van der Waals surface area contributed by atoms with Crippen LogP contribution in [-0.2, 0) is 9.53 Å². The fraction of sp³-hybridized carbons (Fsp3) is 0.769. The molecule has 0 saturated carbocycles. The molecule has 2 rings (SSSR count). The van der Waals surface area contributed by atoms with Gasteiger partial charge in [-0.15, -0.1) is 0 Å². The maximum Gasteiger partial charge on any atom is 0.226 e. The monoisotopic (exact) mass is 238 g/mol. The summed E-state index contributed by atoms with van der Waals surface area (Å²) in [7, 11) is 0. The second-order valence-corrected chi connectivity index (χ2v) is 4.96. The lowest BCUT2D eigenvalue weighted by Crippen LogP contribution is -2.33. The summed E-state index contributed by atoms with van der Waals surface area (Å²) in [4.78, 5) is 11.8.